The van der Waals surface area contributed by atoms with Gasteiger partial charge >= 0.3 is 5.97 Å². The van der Waals surface area contributed by atoms with Gasteiger partial charge in [0, 0.05) is 18.8 Å². The fourth-order valence-electron chi connectivity index (χ4n) is 2.05. The summed E-state index contributed by atoms with van der Waals surface area (Å²) in [5.74, 6) is 2.63. The van der Waals surface area contributed by atoms with Crippen LogP contribution >= 0.6 is 0 Å². The number of carbonyl (C=O) groups excluding carboxylic acids is 1. The van der Waals surface area contributed by atoms with Gasteiger partial charge in [-0.3, -0.25) is 14.4 Å². The van der Waals surface area contributed by atoms with Crippen LogP contribution in [-0.2, 0) is 11.8 Å². The third-order valence-corrected chi connectivity index (χ3v) is 3.11. The number of aromatic nitrogens is 2. The molecule has 0 aliphatic heterocycles. The first kappa shape index (κ1) is 16.0. The molecule has 1 amide bonds. The van der Waals surface area contributed by atoms with E-state index in [1.807, 2.05) is 5.32 Å². The Kier molecular flexibility index (Phi) is 4.32. The molecule has 0 aromatic carbocycles. The number of fused-ring (bicyclic) bond motifs is 1. The van der Waals surface area contributed by atoms with Gasteiger partial charge in [0.2, 0.25) is 0 Å². The van der Waals surface area contributed by atoms with Crippen LogP contribution in [0.15, 0.2) is 17.1 Å². The van der Waals surface area contributed by atoms with Gasteiger partial charge in [0.15, 0.2) is 5.75 Å². The molecular weight excluding hydrogens is 302 g/mol. The van der Waals surface area contributed by atoms with Crippen molar-refractivity contribution in [2.75, 3.05) is 6.54 Å². The Morgan fingerprint density at radius 3 is 2.74 bits per heavy atom. The molecule has 0 fully saturated rings. The first-order chi connectivity index (χ1) is 10.9. The number of rotatable bonds is 3. The van der Waals surface area contributed by atoms with E-state index in [0.717, 1.165) is 4.57 Å². The van der Waals surface area contributed by atoms with Gasteiger partial charge in [-0.1, -0.05) is 5.92 Å². The highest BCUT2D eigenvalue weighted by Gasteiger charge is 2.22. The maximum absolute atomic E-state index is 12.3. The van der Waals surface area contributed by atoms with Crippen molar-refractivity contribution in [1.29, 1.82) is 0 Å². The van der Waals surface area contributed by atoms with E-state index in [1.54, 1.807) is 13.0 Å². The van der Waals surface area contributed by atoms with Gasteiger partial charge < -0.3 is 20.1 Å². The van der Waals surface area contributed by atoms with Gasteiger partial charge in [-0.05, 0) is 13.0 Å². The van der Waals surface area contributed by atoms with Crippen molar-refractivity contribution in [2.24, 2.45) is 7.05 Å². The maximum atomic E-state index is 12.3. The highest BCUT2D eigenvalue weighted by Crippen LogP contribution is 2.24. The molecule has 2 aromatic heterocycles. The third-order valence-electron chi connectivity index (χ3n) is 3.11. The maximum Gasteiger partial charge on any atom is 0.322 e. The number of hydrogen-bond donors (Lipinski definition) is 3. The average Bonchev–Trinajstić information content (AvgIpc) is 2.51. The van der Waals surface area contributed by atoms with Crippen molar-refractivity contribution < 1.29 is 19.8 Å². The lowest BCUT2D eigenvalue weighted by atomic mass is 10.1. The number of aryl methyl sites for hydroxylation is 1. The zero-order valence-electron chi connectivity index (χ0n) is 12.4. The number of hydrogen-bond acceptors (Lipinski definition) is 5. The van der Waals surface area contributed by atoms with Crippen LogP contribution < -0.4 is 10.9 Å². The second kappa shape index (κ2) is 6.19. The molecule has 23 heavy (non-hydrogen) atoms. The minimum Gasteiger partial charge on any atom is -0.505 e. The molecule has 0 radical (unpaired) electrons. The third kappa shape index (κ3) is 2.98. The lowest BCUT2D eigenvalue weighted by molar-refractivity contribution is -0.135. The van der Waals surface area contributed by atoms with Crippen LogP contribution in [0, 0.1) is 11.8 Å². The summed E-state index contributed by atoms with van der Waals surface area (Å²) in [6.07, 6.45) is 1.40. The van der Waals surface area contributed by atoms with Crippen LogP contribution in [0.25, 0.3) is 11.0 Å². The predicted molar refractivity (Wildman–Crippen MR) is 81.2 cm³/mol. The van der Waals surface area contributed by atoms with E-state index in [1.165, 1.54) is 13.2 Å². The van der Waals surface area contributed by atoms with Crippen LogP contribution in [0.5, 0.6) is 5.75 Å². The Morgan fingerprint density at radius 1 is 1.43 bits per heavy atom. The molecule has 0 saturated heterocycles. The van der Waals surface area contributed by atoms with Crippen molar-refractivity contribution in [3.63, 3.8) is 0 Å². The highest BCUT2D eigenvalue weighted by molar-refractivity contribution is 6.02. The largest absolute Gasteiger partial charge is 0.505 e. The molecule has 2 rings (SSSR count). The van der Waals surface area contributed by atoms with Crippen molar-refractivity contribution in [2.45, 2.75) is 6.92 Å². The molecule has 8 nitrogen and oxygen atoms in total. The van der Waals surface area contributed by atoms with E-state index in [4.69, 9.17) is 5.11 Å². The Morgan fingerprint density at radius 2 is 2.13 bits per heavy atom. The summed E-state index contributed by atoms with van der Waals surface area (Å²) in [7, 11) is 1.42. The molecule has 0 unspecified atom stereocenters. The van der Waals surface area contributed by atoms with Crippen LogP contribution in [0.3, 0.4) is 0 Å². The molecule has 2 heterocycles. The highest BCUT2D eigenvalue weighted by atomic mass is 16.4. The van der Waals surface area contributed by atoms with Gasteiger partial charge in [-0.2, -0.15) is 0 Å². The number of nitrogens with zero attached hydrogens (tertiary/aromatic N) is 2. The smallest absolute Gasteiger partial charge is 0.322 e. The van der Waals surface area contributed by atoms with Crippen LogP contribution in [0.4, 0.5) is 0 Å². The molecular formula is C15H13N3O5. The monoisotopic (exact) mass is 315 g/mol. The molecule has 0 atom stereocenters. The number of amides is 1. The Bertz CT molecular complexity index is 934. The van der Waals surface area contributed by atoms with Gasteiger partial charge in [-0.15, -0.1) is 5.92 Å². The molecule has 0 aliphatic carbocycles. The van der Waals surface area contributed by atoms with Crippen molar-refractivity contribution in [1.82, 2.24) is 14.9 Å². The predicted octanol–water partition coefficient (Wildman–Crippen LogP) is -0.175. The summed E-state index contributed by atoms with van der Waals surface area (Å²) in [6, 6.07) is 1.57. The summed E-state index contributed by atoms with van der Waals surface area (Å²) < 4.78 is 1.15. The number of aliphatic carboxylic acids is 1. The van der Waals surface area contributed by atoms with E-state index in [0.29, 0.717) is 11.1 Å². The lowest BCUT2D eigenvalue weighted by Crippen LogP contribution is -2.35. The standard InChI is InChI=1S/C15H13N3O5/c1-3-4-8-5-9-12(16-6-8)13(21)11(15(23)18(9)2)14(22)17-7-10(19)20/h5-6,21H,7H2,1-2H3,(H,17,22)(H,19,20). The van der Waals surface area contributed by atoms with E-state index < -0.39 is 35.3 Å². The van der Waals surface area contributed by atoms with Gasteiger partial charge in [0.1, 0.15) is 17.6 Å². The van der Waals surface area contributed by atoms with Gasteiger partial charge in [0.25, 0.3) is 11.5 Å². The van der Waals surface area contributed by atoms with Crippen LogP contribution in [-0.4, -0.2) is 38.2 Å². The fourth-order valence-corrected chi connectivity index (χ4v) is 2.05. The summed E-state index contributed by atoms with van der Waals surface area (Å²) >= 11 is 0. The number of carboxylic acid groups (broad SMARTS) is 1. The summed E-state index contributed by atoms with van der Waals surface area (Å²) in [6.45, 7) is 0.981. The topological polar surface area (TPSA) is 122 Å². The second-order valence-electron chi connectivity index (χ2n) is 4.63. The second-order valence-corrected chi connectivity index (χ2v) is 4.63. The van der Waals surface area contributed by atoms with Crippen molar-refractivity contribution in [3.05, 3.63) is 33.7 Å². The van der Waals surface area contributed by atoms with E-state index in [9.17, 15) is 19.5 Å². The number of carboxylic acids is 1. The lowest BCUT2D eigenvalue weighted by Gasteiger charge is -2.11. The van der Waals surface area contributed by atoms with E-state index in [2.05, 4.69) is 16.8 Å². The normalized spacial score (nSPS) is 10.0. The number of aromatic hydroxyl groups is 1. The van der Waals surface area contributed by atoms with Gasteiger partial charge in [-0.25, -0.2) is 4.98 Å². The molecule has 8 heteroatoms. The Hall–Kier alpha value is -3.34. The minimum absolute atomic E-state index is 0.0502. The zero-order valence-corrected chi connectivity index (χ0v) is 12.4. The van der Waals surface area contributed by atoms with Gasteiger partial charge in [0.05, 0.1) is 5.52 Å². The SMILES string of the molecule is CC#Cc1cnc2c(O)c(C(=O)NCC(=O)O)c(=O)n(C)c2c1. The molecule has 3 N–H and O–H groups in total. The van der Waals surface area contributed by atoms with Crippen LogP contribution in [0.2, 0.25) is 0 Å². The Balaban J connectivity index is 2.66. The molecule has 2 aromatic rings. The van der Waals surface area contributed by atoms with E-state index >= 15 is 0 Å². The van der Waals surface area contributed by atoms with Crippen LogP contribution in [0.1, 0.15) is 22.8 Å². The summed E-state index contributed by atoms with van der Waals surface area (Å²) in [5, 5.41) is 20.8. The molecule has 0 spiro atoms. The first-order valence-corrected chi connectivity index (χ1v) is 6.51. The number of pyridine rings is 2. The first-order valence-electron chi connectivity index (χ1n) is 6.51. The van der Waals surface area contributed by atoms with E-state index in [-0.39, 0.29) is 5.52 Å². The quantitative estimate of drug-likeness (QED) is 0.676. The zero-order chi connectivity index (χ0) is 17.1. The summed E-state index contributed by atoms with van der Waals surface area (Å²) in [4.78, 5) is 38.8. The number of nitrogens with one attached hydrogen (secondary N) is 1. The average molecular weight is 315 g/mol. The Labute approximate surface area is 130 Å². The minimum atomic E-state index is -1.27. The summed E-state index contributed by atoms with van der Waals surface area (Å²) in [5.41, 5.74) is -0.404. The molecule has 0 saturated carbocycles. The molecule has 0 bridgehead atoms. The fraction of sp³-hybridized carbons (Fsp3) is 0.200. The number of carbonyl (C=O) groups is 2. The molecule has 0 aliphatic rings. The van der Waals surface area contributed by atoms with Crippen molar-refractivity contribution in [3.8, 4) is 17.6 Å². The van der Waals surface area contributed by atoms with Crippen molar-refractivity contribution >= 4 is 22.9 Å². The molecule has 118 valence electrons.